The summed E-state index contributed by atoms with van der Waals surface area (Å²) in [6.07, 6.45) is 0.866. The van der Waals surface area contributed by atoms with Gasteiger partial charge in [-0.05, 0) is 77.2 Å². The summed E-state index contributed by atoms with van der Waals surface area (Å²) in [7, 11) is 0. The summed E-state index contributed by atoms with van der Waals surface area (Å²) < 4.78 is 0. The van der Waals surface area contributed by atoms with Crippen LogP contribution in [0.15, 0.2) is 83.9 Å². The zero-order valence-electron chi connectivity index (χ0n) is 19.2. The summed E-state index contributed by atoms with van der Waals surface area (Å²) >= 11 is 0. The fraction of sp³-hybridized carbons (Fsp3) is 0.226. The first-order valence-electron chi connectivity index (χ1n) is 11.7. The Morgan fingerprint density at radius 3 is 1.94 bits per heavy atom. The van der Waals surface area contributed by atoms with E-state index in [0.29, 0.717) is 11.1 Å². The maximum absolute atomic E-state index is 14.1. The number of hydrogen-bond acceptors (Lipinski definition) is 2. The van der Waals surface area contributed by atoms with E-state index in [0.717, 1.165) is 28.0 Å². The van der Waals surface area contributed by atoms with Gasteiger partial charge in [0.15, 0.2) is 11.6 Å². The molecule has 4 aromatic rings. The minimum absolute atomic E-state index is 0.0295. The minimum atomic E-state index is -0.364. The van der Waals surface area contributed by atoms with Gasteiger partial charge in [-0.2, -0.15) is 0 Å². The largest absolute Gasteiger partial charge is 0.294 e. The van der Waals surface area contributed by atoms with Crippen LogP contribution in [0, 0.1) is 11.8 Å². The van der Waals surface area contributed by atoms with Gasteiger partial charge in [-0.15, -0.1) is 0 Å². The van der Waals surface area contributed by atoms with E-state index in [1.807, 2.05) is 37.3 Å². The van der Waals surface area contributed by atoms with Crippen LogP contribution in [0.2, 0.25) is 0 Å². The molecule has 6 rings (SSSR count). The molecular formula is C31H26O2. The molecule has 2 nitrogen and oxygen atoms in total. The molecule has 0 bridgehead atoms. The third-order valence-corrected chi connectivity index (χ3v) is 7.77. The number of allylic oxidation sites excluding steroid dienone is 2. The monoisotopic (exact) mass is 430 g/mol. The van der Waals surface area contributed by atoms with Gasteiger partial charge in [0.25, 0.3) is 0 Å². The highest BCUT2D eigenvalue weighted by molar-refractivity contribution is 6.19. The second-order valence-corrected chi connectivity index (χ2v) is 9.87. The molecule has 162 valence electrons. The molecule has 0 radical (unpaired) electrons. The zero-order chi connectivity index (χ0) is 22.9. The van der Waals surface area contributed by atoms with Gasteiger partial charge in [0.1, 0.15) is 0 Å². The van der Waals surface area contributed by atoms with Gasteiger partial charge < -0.3 is 0 Å². The lowest BCUT2D eigenvalue weighted by atomic mass is 9.66. The fourth-order valence-electron chi connectivity index (χ4n) is 6.05. The summed E-state index contributed by atoms with van der Waals surface area (Å²) in [5.74, 6) is -0.558. The van der Waals surface area contributed by atoms with Crippen LogP contribution in [0.25, 0.3) is 21.5 Å². The molecule has 4 aromatic carbocycles. The summed E-state index contributed by atoms with van der Waals surface area (Å²) in [6.45, 7) is 6.20. The molecule has 3 unspecified atom stereocenters. The van der Waals surface area contributed by atoms with Crippen molar-refractivity contribution < 1.29 is 9.59 Å². The molecule has 0 spiro atoms. The molecule has 0 amide bonds. The highest BCUT2D eigenvalue weighted by Crippen LogP contribution is 2.49. The molecule has 0 heterocycles. The van der Waals surface area contributed by atoms with Gasteiger partial charge in [-0.1, -0.05) is 66.6 Å². The van der Waals surface area contributed by atoms with Crippen molar-refractivity contribution in [1.29, 1.82) is 0 Å². The molecule has 2 aliphatic rings. The van der Waals surface area contributed by atoms with Crippen LogP contribution in [-0.4, -0.2) is 11.6 Å². The number of carbonyl (C=O) groups excluding carboxylic acids is 2. The Kier molecular flexibility index (Phi) is 4.42. The average molecular weight is 431 g/mol. The van der Waals surface area contributed by atoms with E-state index < -0.39 is 0 Å². The van der Waals surface area contributed by atoms with Crippen molar-refractivity contribution in [1.82, 2.24) is 0 Å². The van der Waals surface area contributed by atoms with Crippen LogP contribution in [0.5, 0.6) is 0 Å². The second-order valence-electron chi connectivity index (χ2n) is 9.87. The van der Waals surface area contributed by atoms with Gasteiger partial charge >= 0.3 is 0 Å². The highest BCUT2D eigenvalue weighted by atomic mass is 16.1. The number of rotatable bonds is 1. The van der Waals surface area contributed by atoms with Crippen LogP contribution in [-0.2, 0) is 6.42 Å². The molecule has 2 aliphatic carbocycles. The van der Waals surface area contributed by atoms with Crippen molar-refractivity contribution >= 4 is 33.1 Å². The number of carbonyl (C=O) groups is 2. The van der Waals surface area contributed by atoms with Crippen molar-refractivity contribution in [2.45, 2.75) is 33.1 Å². The molecule has 0 fully saturated rings. The fourth-order valence-corrected chi connectivity index (χ4v) is 6.05. The first-order chi connectivity index (χ1) is 15.9. The number of ketones is 2. The lowest BCUT2D eigenvalue weighted by molar-refractivity contribution is 0.0732. The topological polar surface area (TPSA) is 34.1 Å². The van der Waals surface area contributed by atoms with Crippen molar-refractivity contribution in [2.24, 2.45) is 11.8 Å². The predicted molar refractivity (Wildman–Crippen MR) is 134 cm³/mol. The lowest BCUT2D eigenvalue weighted by Crippen LogP contribution is -2.38. The lowest BCUT2D eigenvalue weighted by Gasteiger charge is -2.34. The molecule has 0 aromatic heterocycles. The van der Waals surface area contributed by atoms with Crippen molar-refractivity contribution in [3.63, 3.8) is 0 Å². The first kappa shape index (κ1) is 20.1. The number of hydrogen-bond donors (Lipinski definition) is 0. The third-order valence-electron chi connectivity index (χ3n) is 7.77. The van der Waals surface area contributed by atoms with Gasteiger partial charge in [0.2, 0.25) is 0 Å². The van der Waals surface area contributed by atoms with E-state index in [1.165, 1.54) is 22.3 Å². The number of benzene rings is 4. The van der Waals surface area contributed by atoms with E-state index in [-0.39, 0.29) is 29.3 Å². The number of Topliss-reactive ketones (excluding diaryl/α,β-unsaturated/α-hetero) is 2. The molecule has 0 N–H and O–H groups in total. The Bertz CT molecular complexity index is 1520. The van der Waals surface area contributed by atoms with Gasteiger partial charge in [-0.25, -0.2) is 0 Å². The average Bonchev–Trinajstić information content (AvgIpc) is 3.20. The summed E-state index contributed by atoms with van der Waals surface area (Å²) in [4.78, 5) is 27.7. The second kappa shape index (κ2) is 7.25. The highest BCUT2D eigenvalue weighted by Gasteiger charge is 2.47. The summed E-state index contributed by atoms with van der Waals surface area (Å²) in [6, 6.07) is 24.8. The van der Waals surface area contributed by atoms with E-state index in [2.05, 4.69) is 56.3 Å². The molecule has 0 saturated carbocycles. The van der Waals surface area contributed by atoms with E-state index in [9.17, 15) is 9.59 Å². The van der Waals surface area contributed by atoms with Gasteiger partial charge in [0, 0.05) is 28.9 Å². The quantitative estimate of drug-likeness (QED) is 0.234. The van der Waals surface area contributed by atoms with E-state index in [4.69, 9.17) is 0 Å². The third kappa shape index (κ3) is 2.94. The molecule has 0 aliphatic heterocycles. The van der Waals surface area contributed by atoms with Crippen molar-refractivity contribution in [3.8, 4) is 0 Å². The van der Waals surface area contributed by atoms with Crippen LogP contribution in [0.4, 0.5) is 0 Å². The normalized spacial score (nSPS) is 22.0. The Morgan fingerprint density at radius 2 is 1.30 bits per heavy atom. The standard InChI is InChI=1S/C31H26O2/c1-17(2)25-14-21-10-6-7-11-24(21)29(25)28-18(3)30(32)26-15-22-12-19-8-4-5-9-20(19)13-23(22)16-27(26)31(28)33/h4-13,15-16,18,28-29H,14H2,1-3H3. The van der Waals surface area contributed by atoms with E-state index in [1.54, 1.807) is 0 Å². The maximum atomic E-state index is 14.1. The van der Waals surface area contributed by atoms with E-state index >= 15 is 0 Å². The SMILES string of the molecule is CC(C)=C1Cc2ccccc2C1C1C(=O)c2cc3cc4ccccc4cc3cc2C(=O)C1C. The van der Waals surface area contributed by atoms with Gasteiger partial charge in [-0.3, -0.25) is 9.59 Å². The first-order valence-corrected chi connectivity index (χ1v) is 11.7. The Balaban J connectivity index is 1.55. The molecule has 2 heteroatoms. The Hall–Kier alpha value is -3.52. The maximum Gasteiger partial charge on any atom is 0.168 e. The molecule has 33 heavy (non-hydrogen) atoms. The summed E-state index contributed by atoms with van der Waals surface area (Å²) in [5.41, 5.74) is 6.20. The molecular weight excluding hydrogens is 404 g/mol. The van der Waals surface area contributed by atoms with Crippen molar-refractivity contribution in [3.05, 3.63) is 106 Å². The number of fused-ring (bicyclic) bond motifs is 4. The van der Waals surface area contributed by atoms with Crippen LogP contribution >= 0.6 is 0 Å². The molecule has 0 saturated heterocycles. The molecule has 3 atom stereocenters. The van der Waals surface area contributed by atoms with Gasteiger partial charge in [0.05, 0.1) is 0 Å². The smallest absolute Gasteiger partial charge is 0.168 e. The predicted octanol–water partition coefficient (Wildman–Crippen LogP) is 7.30. The van der Waals surface area contributed by atoms with Crippen LogP contribution in [0.1, 0.15) is 58.5 Å². The Morgan fingerprint density at radius 1 is 0.727 bits per heavy atom. The zero-order valence-corrected chi connectivity index (χ0v) is 19.2. The minimum Gasteiger partial charge on any atom is -0.294 e. The van der Waals surface area contributed by atoms with Crippen LogP contribution < -0.4 is 0 Å². The van der Waals surface area contributed by atoms with Crippen LogP contribution in [0.3, 0.4) is 0 Å². The van der Waals surface area contributed by atoms with Crippen molar-refractivity contribution in [2.75, 3.05) is 0 Å². The summed E-state index contributed by atoms with van der Waals surface area (Å²) in [5, 5.41) is 4.30. The Labute approximate surface area is 193 Å².